The molecule has 6 atom stereocenters. The minimum absolute atomic E-state index is 0.212. The van der Waals surface area contributed by atoms with E-state index in [9.17, 15) is 30.0 Å². The van der Waals surface area contributed by atoms with Crippen molar-refractivity contribution >= 4 is 11.9 Å². The average molecular weight is 855 g/mol. The monoisotopic (exact) mass is 855 g/mol. The predicted molar refractivity (Wildman–Crippen MR) is 243 cm³/mol. The number of esters is 2. The number of unbranched alkanes of at least 4 members (excludes halogenated alkanes) is 30. The van der Waals surface area contributed by atoms with Gasteiger partial charge in [-0.2, -0.15) is 0 Å². The average Bonchev–Trinajstić information content (AvgIpc) is 3.25. The van der Waals surface area contributed by atoms with Crippen molar-refractivity contribution in [2.75, 3.05) is 19.8 Å². The van der Waals surface area contributed by atoms with Crippen LogP contribution in [0.4, 0.5) is 0 Å². The van der Waals surface area contributed by atoms with Crippen molar-refractivity contribution in [3.05, 3.63) is 12.2 Å². The Morgan fingerprint density at radius 2 is 0.883 bits per heavy atom. The summed E-state index contributed by atoms with van der Waals surface area (Å²) in [7, 11) is 0. The van der Waals surface area contributed by atoms with Crippen molar-refractivity contribution in [2.45, 2.75) is 275 Å². The first-order valence-electron chi connectivity index (χ1n) is 25.3. The number of allylic oxidation sites excluding steroid dienone is 2. The van der Waals surface area contributed by atoms with Crippen LogP contribution in [0.1, 0.15) is 239 Å². The smallest absolute Gasteiger partial charge is 0.306 e. The van der Waals surface area contributed by atoms with Crippen molar-refractivity contribution in [3.63, 3.8) is 0 Å². The second-order valence-corrected chi connectivity index (χ2v) is 17.6. The van der Waals surface area contributed by atoms with Crippen LogP contribution in [0.2, 0.25) is 0 Å². The molecule has 0 spiro atoms. The molecule has 1 aliphatic heterocycles. The Morgan fingerprint density at radius 3 is 1.30 bits per heavy atom. The van der Waals surface area contributed by atoms with E-state index in [1.54, 1.807) is 0 Å². The molecule has 10 heteroatoms. The predicted octanol–water partition coefficient (Wildman–Crippen LogP) is 11.5. The zero-order chi connectivity index (χ0) is 43.7. The SMILES string of the molecule is CCCCCCCC/C=C/CCCCCCCCCCCC(=O)O[C@H](COC(=O)CCCCCCCCCCCCCCCCCC)CO[C@@H]1O[C@H](CO)[C@H](O)C(O)C1O. The molecule has 0 aromatic heterocycles. The summed E-state index contributed by atoms with van der Waals surface area (Å²) in [6.07, 6.45) is 37.8. The highest BCUT2D eigenvalue weighted by Gasteiger charge is 2.44. The fraction of sp³-hybridized carbons (Fsp3) is 0.920. The fourth-order valence-corrected chi connectivity index (χ4v) is 7.89. The number of hydrogen-bond donors (Lipinski definition) is 4. The van der Waals surface area contributed by atoms with Gasteiger partial charge in [0.05, 0.1) is 13.2 Å². The molecular formula is C50H94O10. The van der Waals surface area contributed by atoms with Crippen LogP contribution in [0, 0.1) is 0 Å². The van der Waals surface area contributed by atoms with Crippen molar-refractivity contribution in [3.8, 4) is 0 Å². The van der Waals surface area contributed by atoms with Gasteiger partial charge in [-0.1, -0.05) is 199 Å². The van der Waals surface area contributed by atoms with Gasteiger partial charge in [0.25, 0.3) is 0 Å². The van der Waals surface area contributed by atoms with Gasteiger partial charge in [-0.25, -0.2) is 0 Å². The fourth-order valence-electron chi connectivity index (χ4n) is 7.89. The molecule has 4 N–H and O–H groups in total. The Balaban J connectivity index is 2.26. The lowest BCUT2D eigenvalue weighted by atomic mass is 9.99. The van der Waals surface area contributed by atoms with Crippen LogP contribution in [0.25, 0.3) is 0 Å². The highest BCUT2D eigenvalue weighted by molar-refractivity contribution is 5.70. The lowest BCUT2D eigenvalue weighted by Crippen LogP contribution is -2.59. The van der Waals surface area contributed by atoms with Crippen LogP contribution in [0.15, 0.2) is 12.2 Å². The quantitative estimate of drug-likeness (QED) is 0.0265. The van der Waals surface area contributed by atoms with Gasteiger partial charge in [-0.15, -0.1) is 0 Å². The Kier molecular flexibility index (Phi) is 39.0. The van der Waals surface area contributed by atoms with Gasteiger partial charge >= 0.3 is 11.9 Å². The van der Waals surface area contributed by atoms with Gasteiger partial charge < -0.3 is 39.4 Å². The zero-order valence-electron chi connectivity index (χ0n) is 38.7. The summed E-state index contributed by atoms with van der Waals surface area (Å²) in [5.41, 5.74) is 0. The third kappa shape index (κ3) is 32.2. The normalized spacial score (nSPS) is 19.9. The van der Waals surface area contributed by atoms with Gasteiger partial charge in [0.2, 0.25) is 0 Å². The van der Waals surface area contributed by atoms with Crippen LogP contribution >= 0.6 is 0 Å². The van der Waals surface area contributed by atoms with Gasteiger partial charge in [0.15, 0.2) is 12.4 Å². The third-order valence-corrected chi connectivity index (χ3v) is 11.9. The van der Waals surface area contributed by atoms with Crippen LogP contribution < -0.4 is 0 Å². The Morgan fingerprint density at radius 1 is 0.500 bits per heavy atom. The third-order valence-electron chi connectivity index (χ3n) is 11.9. The number of hydrogen-bond acceptors (Lipinski definition) is 10. The molecule has 0 aromatic carbocycles. The summed E-state index contributed by atoms with van der Waals surface area (Å²) >= 11 is 0. The summed E-state index contributed by atoms with van der Waals surface area (Å²) in [4.78, 5) is 25.4. The van der Waals surface area contributed by atoms with Crippen molar-refractivity contribution in [2.24, 2.45) is 0 Å². The minimum atomic E-state index is -1.59. The number of carbonyl (C=O) groups excluding carboxylic acids is 2. The van der Waals surface area contributed by atoms with Crippen LogP contribution in [-0.2, 0) is 28.5 Å². The van der Waals surface area contributed by atoms with E-state index in [1.807, 2.05) is 0 Å². The van der Waals surface area contributed by atoms with Crippen LogP contribution in [-0.4, -0.2) is 89.0 Å². The van der Waals surface area contributed by atoms with E-state index in [1.165, 1.54) is 167 Å². The first-order chi connectivity index (χ1) is 29.3. The van der Waals surface area contributed by atoms with E-state index in [0.717, 1.165) is 38.5 Å². The van der Waals surface area contributed by atoms with E-state index in [2.05, 4.69) is 26.0 Å². The summed E-state index contributed by atoms with van der Waals surface area (Å²) in [5.74, 6) is -0.794. The molecule has 0 radical (unpaired) electrons. The Bertz CT molecular complexity index is 990. The van der Waals surface area contributed by atoms with Crippen molar-refractivity contribution in [1.82, 2.24) is 0 Å². The maximum Gasteiger partial charge on any atom is 0.306 e. The molecule has 1 saturated heterocycles. The summed E-state index contributed by atoms with van der Waals surface area (Å²) < 4.78 is 22.2. The summed E-state index contributed by atoms with van der Waals surface area (Å²) in [6, 6.07) is 0. The maximum atomic E-state index is 12.8. The van der Waals surface area contributed by atoms with Gasteiger partial charge in [0.1, 0.15) is 31.0 Å². The minimum Gasteiger partial charge on any atom is -0.462 e. The van der Waals surface area contributed by atoms with Crippen molar-refractivity contribution < 1.29 is 49.0 Å². The highest BCUT2D eigenvalue weighted by atomic mass is 16.7. The number of ether oxygens (including phenoxy) is 4. The Hall–Kier alpha value is -1.56. The molecule has 1 heterocycles. The van der Waals surface area contributed by atoms with Gasteiger partial charge in [-0.05, 0) is 38.5 Å². The van der Waals surface area contributed by atoms with E-state index in [-0.39, 0.29) is 32.0 Å². The van der Waals surface area contributed by atoms with Gasteiger partial charge in [-0.3, -0.25) is 9.59 Å². The molecule has 1 fully saturated rings. The lowest BCUT2D eigenvalue weighted by Gasteiger charge is -2.39. The largest absolute Gasteiger partial charge is 0.462 e. The van der Waals surface area contributed by atoms with Gasteiger partial charge in [0, 0.05) is 12.8 Å². The standard InChI is InChI=1S/C50H94O10/c1-3-5-7-9-11-13-15-17-19-21-22-23-25-27-29-31-33-35-37-39-46(53)59-43(42-58-50-49(56)48(55)47(54)44(40-51)60-50)41-57-45(52)38-36-34-32-30-28-26-24-20-18-16-14-12-10-8-6-4-2/h17,19,43-44,47-51,54-56H,3-16,18,20-42H2,1-2H3/b19-17+/t43-,44-,47+,48?,49?,50-/m1/s1. The second kappa shape index (κ2) is 41.5. The molecule has 354 valence electrons. The van der Waals surface area contributed by atoms with E-state index >= 15 is 0 Å². The zero-order valence-corrected chi connectivity index (χ0v) is 38.7. The second-order valence-electron chi connectivity index (χ2n) is 17.6. The number of aliphatic hydroxyl groups is 4. The first kappa shape index (κ1) is 56.5. The molecule has 0 aliphatic carbocycles. The molecule has 1 aliphatic rings. The number of aliphatic hydroxyl groups excluding tert-OH is 4. The van der Waals surface area contributed by atoms with Crippen molar-refractivity contribution in [1.29, 1.82) is 0 Å². The van der Waals surface area contributed by atoms with E-state index in [0.29, 0.717) is 6.42 Å². The molecule has 0 amide bonds. The molecule has 0 aromatic rings. The summed E-state index contributed by atoms with van der Waals surface area (Å²) in [5, 5.41) is 40.2. The lowest BCUT2D eigenvalue weighted by molar-refractivity contribution is -0.305. The molecular weight excluding hydrogens is 761 g/mol. The van der Waals surface area contributed by atoms with E-state index in [4.69, 9.17) is 18.9 Å². The molecule has 10 nitrogen and oxygen atoms in total. The maximum absolute atomic E-state index is 12.8. The molecule has 1 rings (SSSR count). The molecule has 0 saturated carbocycles. The highest BCUT2D eigenvalue weighted by Crippen LogP contribution is 2.23. The molecule has 60 heavy (non-hydrogen) atoms. The van der Waals surface area contributed by atoms with Crippen LogP contribution in [0.5, 0.6) is 0 Å². The topological polar surface area (TPSA) is 152 Å². The molecule has 0 bridgehead atoms. The Labute approximate surface area is 367 Å². The number of carbonyl (C=O) groups is 2. The number of rotatable bonds is 43. The first-order valence-corrected chi connectivity index (χ1v) is 25.3. The summed E-state index contributed by atoms with van der Waals surface area (Å²) in [6.45, 7) is 3.46. The van der Waals surface area contributed by atoms with Crippen LogP contribution in [0.3, 0.4) is 0 Å². The molecule has 2 unspecified atom stereocenters. The van der Waals surface area contributed by atoms with E-state index < -0.39 is 49.4 Å².